The Bertz CT molecular complexity index is 1060. The Labute approximate surface area is 181 Å². The molecule has 1 saturated heterocycles. The number of nitrogens with zero attached hydrogens (tertiary/aromatic N) is 4. The highest BCUT2D eigenvalue weighted by molar-refractivity contribution is 7.10. The molecule has 0 radical (unpaired) electrons. The van der Waals surface area contributed by atoms with Crippen LogP contribution >= 0.6 is 11.3 Å². The minimum atomic E-state index is -0.952. The number of hydrogen-bond acceptors (Lipinski definition) is 7. The summed E-state index contributed by atoms with van der Waals surface area (Å²) in [6.07, 6.45) is 5.19. The van der Waals surface area contributed by atoms with Crippen molar-refractivity contribution in [1.29, 1.82) is 0 Å². The molecule has 1 aliphatic carbocycles. The number of imide groups is 2. The van der Waals surface area contributed by atoms with Gasteiger partial charge in [-0.1, -0.05) is 18.9 Å². The second-order valence-corrected chi connectivity index (χ2v) is 8.76. The Morgan fingerprint density at radius 2 is 1.94 bits per heavy atom. The van der Waals surface area contributed by atoms with Crippen LogP contribution in [0, 0.1) is 0 Å². The summed E-state index contributed by atoms with van der Waals surface area (Å²) in [6.45, 7) is -0.524. The van der Waals surface area contributed by atoms with Crippen molar-refractivity contribution >= 4 is 40.8 Å². The minimum absolute atomic E-state index is 0.265. The lowest BCUT2D eigenvalue weighted by Gasteiger charge is -2.24. The van der Waals surface area contributed by atoms with E-state index >= 15 is 0 Å². The van der Waals surface area contributed by atoms with E-state index in [1.54, 1.807) is 12.1 Å². The fraction of sp³-hybridized carbons (Fsp3) is 0.381. The molecule has 5 amide bonds. The van der Waals surface area contributed by atoms with Crippen molar-refractivity contribution in [3.63, 3.8) is 0 Å². The van der Waals surface area contributed by atoms with Gasteiger partial charge in [-0.15, -0.1) is 11.3 Å². The van der Waals surface area contributed by atoms with Crippen molar-refractivity contribution in [3.05, 3.63) is 46.5 Å². The van der Waals surface area contributed by atoms with E-state index in [9.17, 15) is 19.2 Å². The summed E-state index contributed by atoms with van der Waals surface area (Å²) in [5, 5.41) is 7.65. The first kappa shape index (κ1) is 19.7. The van der Waals surface area contributed by atoms with Gasteiger partial charge in [-0.2, -0.15) is 5.10 Å². The van der Waals surface area contributed by atoms with Crippen molar-refractivity contribution in [2.75, 3.05) is 6.54 Å². The molecule has 0 unspecified atom stereocenters. The smallest absolute Gasteiger partial charge is 0.334 e. The summed E-state index contributed by atoms with van der Waals surface area (Å²) >= 11 is 1.49. The highest BCUT2D eigenvalue weighted by Crippen LogP contribution is 2.35. The number of carbonyl (C=O) groups is 4. The Morgan fingerprint density at radius 3 is 2.61 bits per heavy atom. The van der Waals surface area contributed by atoms with Crippen LogP contribution in [0.25, 0.3) is 0 Å². The average Bonchev–Trinajstić information content (AvgIpc) is 3.57. The molecule has 0 bridgehead atoms. The summed E-state index contributed by atoms with van der Waals surface area (Å²) in [5.41, 5.74) is 0.611. The lowest BCUT2D eigenvalue weighted by Crippen LogP contribution is -2.43. The monoisotopic (exact) mass is 440 g/mol. The number of hydrazone groups is 1. The molecule has 4 heterocycles. The topological polar surface area (TPSA) is 104 Å². The van der Waals surface area contributed by atoms with Crippen molar-refractivity contribution < 1.29 is 23.6 Å². The maximum atomic E-state index is 13.2. The first-order valence-corrected chi connectivity index (χ1v) is 11.1. The number of amides is 5. The molecule has 2 fully saturated rings. The van der Waals surface area contributed by atoms with Crippen molar-refractivity contribution in [3.8, 4) is 0 Å². The zero-order valence-electron chi connectivity index (χ0n) is 16.6. The van der Waals surface area contributed by atoms with E-state index in [1.807, 2.05) is 17.5 Å². The quantitative estimate of drug-likeness (QED) is 0.525. The number of urea groups is 1. The highest BCUT2D eigenvalue weighted by Gasteiger charge is 2.49. The molecule has 0 spiro atoms. The van der Waals surface area contributed by atoms with Crippen LogP contribution in [0.5, 0.6) is 0 Å². The molecule has 9 nitrogen and oxygen atoms in total. The van der Waals surface area contributed by atoms with Crippen LogP contribution in [0.4, 0.5) is 4.79 Å². The number of thiophene rings is 1. The van der Waals surface area contributed by atoms with Crippen LogP contribution < -0.4 is 0 Å². The minimum Gasteiger partial charge on any atom is -0.463 e. The molecule has 160 valence electrons. The number of hydrogen-bond donors (Lipinski definition) is 0. The van der Waals surface area contributed by atoms with E-state index in [0.717, 1.165) is 27.5 Å². The number of rotatable bonds is 5. The molecule has 0 N–H and O–H groups in total. The first-order valence-electron chi connectivity index (χ1n) is 10.2. The van der Waals surface area contributed by atoms with E-state index in [2.05, 4.69) is 5.10 Å². The summed E-state index contributed by atoms with van der Waals surface area (Å²) in [7, 11) is 0. The summed E-state index contributed by atoms with van der Waals surface area (Å²) in [4.78, 5) is 53.6. The van der Waals surface area contributed by atoms with Gasteiger partial charge in [-0.25, -0.2) is 14.7 Å². The van der Waals surface area contributed by atoms with Crippen molar-refractivity contribution in [1.82, 2.24) is 14.8 Å². The van der Waals surface area contributed by atoms with Crippen LogP contribution in [-0.4, -0.2) is 56.9 Å². The molecule has 3 aliphatic rings. The van der Waals surface area contributed by atoms with Crippen LogP contribution in [0.15, 0.2) is 45.4 Å². The third-order valence-electron chi connectivity index (χ3n) is 5.91. The zero-order chi connectivity index (χ0) is 21.5. The van der Waals surface area contributed by atoms with Crippen LogP contribution in [0.1, 0.15) is 48.8 Å². The molecular weight excluding hydrogens is 420 g/mol. The van der Waals surface area contributed by atoms with Gasteiger partial charge in [0.15, 0.2) is 0 Å². The van der Waals surface area contributed by atoms with Gasteiger partial charge in [0.2, 0.25) is 0 Å². The molecule has 2 aromatic rings. The van der Waals surface area contributed by atoms with Crippen molar-refractivity contribution in [2.45, 2.75) is 44.2 Å². The standard InChI is InChI=1S/C21H20N4O5S/c26-18(12-23-19(27)20(28)24(21(23)29)13-5-1-2-6-13)25-15(17-8-4-10-31-17)11-14(22-25)16-7-3-9-30-16/h3-4,7-10,13,15H,1-2,5-6,11-12H2/t15-/m1/s1. The third kappa shape index (κ3) is 3.36. The number of carbonyl (C=O) groups excluding carboxylic acids is 4. The van der Waals surface area contributed by atoms with Crippen molar-refractivity contribution in [2.24, 2.45) is 5.10 Å². The molecule has 5 rings (SSSR count). The van der Waals surface area contributed by atoms with Gasteiger partial charge >= 0.3 is 17.8 Å². The Morgan fingerprint density at radius 1 is 1.13 bits per heavy atom. The van der Waals surface area contributed by atoms with Gasteiger partial charge in [0.05, 0.1) is 12.3 Å². The van der Waals surface area contributed by atoms with E-state index in [4.69, 9.17) is 4.42 Å². The molecule has 2 aromatic heterocycles. The maximum absolute atomic E-state index is 13.2. The lowest BCUT2D eigenvalue weighted by molar-refractivity contribution is -0.145. The van der Waals surface area contributed by atoms with Gasteiger partial charge in [0.25, 0.3) is 5.91 Å². The average molecular weight is 440 g/mol. The van der Waals surface area contributed by atoms with Crippen LogP contribution in [0.2, 0.25) is 0 Å². The summed E-state index contributed by atoms with van der Waals surface area (Å²) in [6, 6.07) is 5.97. The molecule has 31 heavy (non-hydrogen) atoms. The molecular formula is C21H20N4O5S. The lowest BCUT2D eigenvalue weighted by atomic mass is 10.1. The molecule has 2 aliphatic heterocycles. The van der Waals surface area contributed by atoms with Gasteiger partial charge in [0, 0.05) is 17.3 Å². The van der Waals surface area contributed by atoms with E-state index in [-0.39, 0.29) is 12.1 Å². The van der Waals surface area contributed by atoms with Gasteiger partial charge in [0.1, 0.15) is 18.0 Å². The SMILES string of the molecule is O=C1C(=O)N(C2CCCC2)C(=O)N1CC(=O)N1N=C(c2ccco2)C[C@@H]1c1cccs1. The third-order valence-corrected chi connectivity index (χ3v) is 6.88. The van der Waals surface area contributed by atoms with E-state index < -0.39 is 30.3 Å². The fourth-order valence-corrected chi connectivity index (χ4v) is 5.20. The second kappa shape index (κ2) is 7.77. The predicted octanol–water partition coefficient (Wildman–Crippen LogP) is 2.75. The summed E-state index contributed by atoms with van der Waals surface area (Å²) < 4.78 is 5.43. The van der Waals surface area contributed by atoms with Crippen LogP contribution in [-0.2, 0) is 14.4 Å². The highest BCUT2D eigenvalue weighted by atomic mass is 32.1. The van der Waals surface area contributed by atoms with Gasteiger partial charge in [-0.3, -0.25) is 19.3 Å². The Kier molecular flexibility index (Phi) is 4.93. The molecule has 10 heteroatoms. The largest absolute Gasteiger partial charge is 0.463 e. The maximum Gasteiger partial charge on any atom is 0.334 e. The first-order chi connectivity index (χ1) is 15.0. The van der Waals surface area contributed by atoms with Gasteiger partial charge < -0.3 is 4.42 Å². The second-order valence-electron chi connectivity index (χ2n) is 7.78. The van der Waals surface area contributed by atoms with E-state index in [1.165, 1.54) is 22.6 Å². The molecule has 0 aromatic carbocycles. The van der Waals surface area contributed by atoms with Gasteiger partial charge in [-0.05, 0) is 36.4 Å². The predicted molar refractivity (Wildman–Crippen MR) is 110 cm³/mol. The fourth-order valence-electron chi connectivity index (χ4n) is 4.39. The summed E-state index contributed by atoms with van der Waals surface area (Å²) in [5.74, 6) is -1.76. The normalized spacial score (nSPS) is 22.2. The number of furan rings is 1. The molecule has 1 saturated carbocycles. The zero-order valence-corrected chi connectivity index (χ0v) is 17.4. The van der Waals surface area contributed by atoms with Crippen LogP contribution in [0.3, 0.4) is 0 Å². The van der Waals surface area contributed by atoms with E-state index in [0.29, 0.717) is 30.7 Å². The molecule has 1 atom stereocenters. The Hall–Kier alpha value is -3.27. The Balaban J connectivity index is 1.38.